The Hall–Kier alpha value is -1.79. The maximum absolute atomic E-state index is 8.74. The van der Waals surface area contributed by atoms with Crippen molar-refractivity contribution >= 4 is 0 Å². The first kappa shape index (κ1) is 14.3. The van der Waals surface area contributed by atoms with Crippen molar-refractivity contribution in [2.75, 3.05) is 19.8 Å². The van der Waals surface area contributed by atoms with E-state index < -0.39 is 0 Å². The fraction of sp³-hybridized carbons (Fsp3) is 0.400. The van der Waals surface area contributed by atoms with Crippen molar-refractivity contribution in [2.45, 2.75) is 19.8 Å². The van der Waals surface area contributed by atoms with E-state index in [9.17, 15) is 0 Å². The van der Waals surface area contributed by atoms with E-state index in [1.807, 2.05) is 19.1 Å². The largest absolute Gasteiger partial charge is 0.493 e. The lowest BCUT2D eigenvalue weighted by atomic mass is 10.2. The van der Waals surface area contributed by atoms with E-state index in [1.165, 1.54) is 0 Å². The van der Waals surface area contributed by atoms with Crippen LogP contribution in [0.25, 0.3) is 0 Å². The van der Waals surface area contributed by atoms with Gasteiger partial charge in [0.05, 0.1) is 24.8 Å². The molecule has 0 atom stereocenters. The molecule has 1 aromatic carbocycles. The van der Waals surface area contributed by atoms with Gasteiger partial charge in [0.15, 0.2) is 0 Å². The van der Waals surface area contributed by atoms with Gasteiger partial charge in [0, 0.05) is 13.0 Å². The number of ether oxygens (including phenoxy) is 2. The Bertz CT molecular complexity index is 421. The van der Waals surface area contributed by atoms with Gasteiger partial charge < -0.3 is 9.47 Å². The van der Waals surface area contributed by atoms with Gasteiger partial charge in [-0.15, -0.1) is 6.58 Å². The summed E-state index contributed by atoms with van der Waals surface area (Å²) in [6.45, 7) is 7.82. The molecule has 0 spiro atoms. The number of rotatable bonds is 8. The van der Waals surface area contributed by atoms with E-state index in [1.54, 1.807) is 12.1 Å². The molecule has 0 fully saturated rings. The summed E-state index contributed by atoms with van der Waals surface area (Å²) in [6.07, 6.45) is 1.75. The summed E-state index contributed by atoms with van der Waals surface area (Å²) in [7, 11) is 0. The zero-order chi connectivity index (χ0) is 13.2. The Morgan fingerprint density at radius 3 is 2.89 bits per heavy atom. The van der Waals surface area contributed by atoms with Crippen LogP contribution in [0.4, 0.5) is 0 Å². The predicted octanol–water partition coefficient (Wildman–Crippen LogP) is 3.31. The van der Waals surface area contributed by atoms with Gasteiger partial charge in [0.1, 0.15) is 5.75 Å². The summed E-state index contributed by atoms with van der Waals surface area (Å²) in [6, 6.07) is 9.25. The first-order valence-corrected chi connectivity index (χ1v) is 6.07. The molecule has 0 heterocycles. The fourth-order valence-electron chi connectivity index (χ4n) is 1.35. The van der Waals surface area contributed by atoms with E-state index >= 15 is 0 Å². The van der Waals surface area contributed by atoms with Gasteiger partial charge in [-0.2, -0.15) is 5.26 Å². The van der Waals surface area contributed by atoms with E-state index in [2.05, 4.69) is 12.6 Å². The molecule has 0 aliphatic heterocycles. The van der Waals surface area contributed by atoms with Crippen molar-refractivity contribution in [1.82, 2.24) is 0 Å². The van der Waals surface area contributed by atoms with Crippen LogP contribution in [0.3, 0.4) is 0 Å². The first-order chi connectivity index (χ1) is 8.72. The molecular formula is C15H19NO2. The minimum atomic E-state index is 0.599. The summed E-state index contributed by atoms with van der Waals surface area (Å²) in [4.78, 5) is 0. The van der Waals surface area contributed by atoms with Crippen LogP contribution in [-0.4, -0.2) is 19.8 Å². The Labute approximate surface area is 109 Å². The average Bonchev–Trinajstić information content (AvgIpc) is 2.37. The van der Waals surface area contributed by atoms with Gasteiger partial charge in [-0.3, -0.25) is 0 Å². The van der Waals surface area contributed by atoms with Crippen LogP contribution in [0.2, 0.25) is 0 Å². The van der Waals surface area contributed by atoms with Gasteiger partial charge in [-0.05, 0) is 31.5 Å². The molecular weight excluding hydrogens is 226 g/mol. The van der Waals surface area contributed by atoms with Crippen LogP contribution >= 0.6 is 0 Å². The Morgan fingerprint density at radius 1 is 1.33 bits per heavy atom. The second kappa shape index (κ2) is 8.32. The Balaban J connectivity index is 2.10. The van der Waals surface area contributed by atoms with E-state index in [0.717, 1.165) is 30.8 Å². The molecule has 3 nitrogen and oxygen atoms in total. The fourth-order valence-corrected chi connectivity index (χ4v) is 1.35. The molecule has 0 saturated heterocycles. The van der Waals surface area contributed by atoms with Gasteiger partial charge in [-0.25, -0.2) is 0 Å². The topological polar surface area (TPSA) is 42.2 Å². The second-order valence-corrected chi connectivity index (χ2v) is 4.16. The van der Waals surface area contributed by atoms with Crippen LogP contribution < -0.4 is 4.74 Å². The van der Waals surface area contributed by atoms with Gasteiger partial charge in [0.25, 0.3) is 0 Å². The van der Waals surface area contributed by atoms with Gasteiger partial charge in [-0.1, -0.05) is 11.6 Å². The lowest BCUT2D eigenvalue weighted by Gasteiger charge is -2.07. The summed E-state index contributed by atoms with van der Waals surface area (Å²) in [5.41, 5.74) is 1.75. The molecule has 0 aliphatic carbocycles. The summed E-state index contributed by atoms with van der Waals surface area (Å²) < 4.78 is 11.0. The third kappa shape index (κ3) is 6.07. The zero-order valence-electron chi connectivity index (χ0n) is 10.8. The van der Waals surface area contributed by atoms with Crippen molar-refractivity contribution in [3.05, 3.63) is 42.0 Å². The Morgan fingerprint density at radius 2 is 2.17 bits per heavy atom. The molecule has 1 rings (SSSR count). The molecule has 3 heteroatoms. The van der Waals surface area contributed by atoms with Crippen molar-refractivity contribution in [2.24, 2.45) is 0 Å². The molecule has 18 heavy (non-hydrogen) atoms. The summed E-state index contributed by atoms with van der Waals surface area (Å²) >= 11 is 0. The highest BCUT2D eigenvalue weighted by molar-refractivity contribution is 5.36. The number of nitrogens with zero attached hydrogens (tertiary/aromatic N) is 1. The number of hydrogen-bond acceptors (Lipinski definition) is 3. The molecule has 0 bridgehead atoms. The lowest BCUT2D eigenvalue weighted by molar-refractivity contribution is 0.122. The SMILES string of the molecule is C=C(C)CCOCCCOc1cccc(C#N)c1. The smallest absolute Gasteiger partial charge is 0.120 e. The lowest BCUT2D eigenvalue weighted by Crippen LogP contribution is -2.04. The highest BCUT2D eigenvalue weighted by Crippen LogP contribution is 2.12. The highest BCUT2D eigenvalue weighted by Gasteiger charge is 1.96. The summed E-state index contributed by atoms with van der Waals surface area (Å²) in [5.74, 6) is 0.732. The van der Waals surface area contributed by atoms with Crippen molar-refractivity contribution < 1.29 is 9.47 Å². The van der Waals surface area contributed by atoms with E-state index in [4.69, 9.17) is 14.7 Å². The third-order valence-corrected chi connectivity index (χ3v) is 2.34. The standard InChI is InChI=1S/C15H19NO2/c1-13(2)7-10-17-8-4-9-18-15-6-3-5-14(11-15)12-16/h3,5-6,11H,1,4,7-10H2,2H3. The van der Waals surface area contributed by atoms with E-state index in [0.29, 0.717) is 18.8 Å². The van der Waals surface area contributed by atoms with Crippen LogP contribution in [0, 0.1) is 11.3 Å². The quantitative estimate of drug-likeness (QED) is 0.521. The van der Waals surface area contributed by atoms with Crippen LogP contribution in [0.15, 0.2) is 36.4 Å². The maximum Gasteiger partial charge on any atom is 0.120 e. The summed E-state index contributed by atoms with van der Waals surface area (Å²) in [5, 5.41) is 8.74. The Kier molecular flexibility index (Phi) is 6.60. The zero-order valence-corrected chi connectivity index (χ0v) is 10.8. The minimum Gasteiger partial charge on any atom is -0.493 e. The van der Waals surface area contributed by atoms with Crippen molar-refractivity contribution in [1.29, 1.82) is 5.26 Å². The molecule has 0 N–H and O–H groups in total. The predicted molar refractivity (Wildman–Crippen MR) is 71.5 cm³/mol. The molecule has 0 amide bonds. The normalized spacial score (nSPS) is 9.78. The molecule has 1 aromatic rings. The molecule has 0 saturated carbocycles. The van der Waals surface area contributed by atoms with Gasteiger partial charge >= 0.3 is 0 Å². The molecule has 0 aliphatic rings. The van der Waals surface area contributed by atoms with E-state index in [-0.39, 0.29) is 0 Å². The third-order valence-electron chi connectivity index (χ3n) is 2.34. The molecule has 0 unspecified atom stereocenters. The second-order valence-electron chi connectivity index (χ2n) is 4.16. The molecule has 96 valence electrons. The van der Waals surface area contributed by atoms with Gasteiger partial charge in [0.2, 0.25) is 0 Å². The monoisotopic (exact) mass is 245 g/mol. The number of hydrogen-bond donors (Lipinski definition) is 0. The number of benzene rings is 1. The average molecular weight is 245 g/mol. The van der Waals surface area contributed by atoms with Crippen LogP contribution in [0.1, 0.15) is 25.3 Å². The van der Waals surface area contributed by atoms with Crippen LogP contribution in [0.5, 0.6) is 5.75 Å². The van der Waals surface area contributed by atoms with Crippen molar-refractivity contribution in [3.8, 4) is 11.8 Å². The number of nitriles is 1. The first-order valence-electron chi connectivity index (χ1n) is 6.07. The van der Waals surface area contributed by atoms with Crippen LogP contribution in [-0.2, 0) is 4.74 Å². The molecule has 0 radical (unpaired) electrons. The maximum atomic E-state index is 8.74. The minimum absolute atomic E-state index is 0.599. The molecule has 0 aromatic heterocycles. The highest BCUT2D eigenvalue weighted by atomic mass is 16.5. The van der Waals surface area contributed by atoms with Crippen molar-refractivity contribution in [3.63, 3.8) is 0 Å².